The molecule has 0 radical (unpaired) electrons. The molecule has 1 fully saturated rings. The topological polar surface area (TPSA) is 43.1 Å². The zero-order valence-electron chi connectivity index (χ0n) is 3.98. The van der Waals surface area contributed by atoms with Gasteiger partial charge in [-0.1, -0.05) is 12.2 Å². The summed E-state index contributed by atoms with van der Waals surface area (Å²) in [6.07, 6.45) is 0.815. The predicted octanol–water partition coefficient (Wildman–Crippen LogP) is 0.0478. The molecule has 2 N–H and O–H groups in total. The quantitative estimate of drug-likeness (QED) is 0.461. The second-order valence-corrected chi connectivity index (χ2v) is 1.82. The Morgan fingerprint density at radius 1 is 2.00 bits per heavy atom. The van der Waals surface area contributed by atoms with Crippen molar-refractivity contribution < 1.29 is 4.79 Å². The van der Waals surface area contributed by atoms with Crippen molar-refractivity contribution in [2.24, 2.45) is 11.7 Å². The molecule has 7 heavy (non-hydrogen) atoms. The van der Waals surface area contributed by atoms with Crippen molar-refractivity contribution in [1.29, 1.82) is 0 Å². The molecule has 1 rings (SSSR count). The van der Waals surface area contributed by atoms with Crippen molar-refractivity contribution in [3.8, 4) is 0 Å². The highest BCUT2D eigenvalue weighted by atomic mass is 16.1. The molecular weight excluding hydrogens is 90.1 g/mol. The molecule has 0 bridgehead atoms. The van der Waals surface area contributed by atoms with E-state index < -0.39 is 0 Å². The summed E-state index contributed by atoms with van der Waals surface area (Å²) in [5.74, 6) is -0.218. The van der Waals surface area contributed by atoms with E-state index in [1.54, 1.807) is 0 Å². The number of carbonyl (C=O) groups excluding carboxylic acids is 1. The lowest BCUT2D eigenvalue weighted by Crippen LogP contribution is -2.12. The molecule has 0 saturated heterocycles. The van der Waals surface area contributed by atoms with Gasteiger partial charge in [-0.25, -0.2) is 0 Å². The standard InChI is InChI=1S/C5H7NO/c1-3-2-4(3)5(6)7/h4H,1-2H2,(H2,6,7)/t4-/m0/s1. The van der Waals surface area contributed by atoms with Gasteiger partial charge < -0.3 is 5.73 Å². The number of rotatable bonds is 1. The third kappa shape index (κ3) is 0.633. The predicted molar refractivity (Wildman–Crippen MR) is 26.4 cm³/mol. The Kier molecular flexibility index (Phi) is 0.680. The second kappa shape index (κ2) is 1.09. The first-order valence-electron chi connectivity index (χ1n) is 2.19. The first kappa shape index (κ1) is 4.37. The van der Waals surface area contributed by atoms with Crippen LogP contribution in [-0.2, 0) is 4.79 Å². The average Bonchev–Trinajstić information content (AvgIpc) is 2.17. The summed E-state index contributed by atoms with van der Waals surface area (Å²) in [5, 5.41) is 0. The first-order chi connectivity index (χ1) is 3.22. The van der Waals surface area contributed by atoms with Gasteiger partial charge in [0.05, 0.1) is 5.92 Å². The van der Waals surface area contributed by atoms with Crippen molar-refractivity contribution in [1.82, 2.24) is 0 Å². The van der Waals surface area contributed by atoms with Gasteiger partial charge in [0.2, 0.25) is 5.91 Å². The molecule has 2 heteroatoms. The van der Waals surface area contributed by atoms with Gasteiger partial charge in [0.15, 0.2) is 0 Å². The van der Waals surface area contributed by atoms with E-state index in [0.717, 1.165) is 12.0 Å². The van der Waals surface area contributed by atoms with Crippen molar-refractivity contribution >= 4 is 5.91 Å². The molecule has 0 aromatic rings. The van der Waals surface area contributed by atoms with Crippen LogP contribution in [0.1, 0.15) is 6.42 Å². The molecule has 0 aliphatic heterocycles. The maximum Gasteiger partial charge on any atom is 0.224 e. The van der Waals surface area contributed by atoms with E-state index in [2.05, 4.69) is 6.58 Å². The number of carbonyl (C=O) groups is 1. The highest BCUT2D eigenvalue weighted by Crippen LogP contribution is 2.34. The fraction of sp³-hybridized carbons (Fsp3) is 0.400. The van der Waals surface area contributed by atoms with E-state index in [9.17, 15) is 4.79 Å². The van der Waals surface area contributed by atoms with Gasteiger partial charge in [-0.2, -0.15) is 0 Å². The van der Waals surface area contributed by atoms with E-state index >= 15 is 0 Å². The molecule has 0 aromatic heterocycles. The number of amides is 1. The van der Waals surface area contributed by atoms with Gasteiger partial charge in [-0.3, -0.25) is 4.79 Å². The maximum atomic E-state index is 10.1. The molecule has 1 atom stereocenters. The fourth-order valence-corrected chi connectivity index (χ4v) is 0.505. The summed E-state index contributed by atoms with van der Waals surface area (Å²) >= 11 is 0. The van der Waals surface area contributed by atoms with Crippen LogP contribution < -0.4 is 5.73 Å². The summed E-state index contributed by atoms with van der Waals surface area (Å²) in [6, 6.07) is 0. The van der Waals surface area contributed by atoms with E-state index in [1.165, 1.54) is 0 Å². The lowest BCUT2D eigenvalue weighted by Gasteiger charge is -1.77. The molecule has 1 aliphatic carbocycles. The van der Waals surface area contributed by atoms with Crippen LogP contribution in [-0.4, -0.2) is 5.91 Å². The Morgan fingerprint density at radius 3 is 2.43 bits per heavy atom. The lowest BCUT2D eigenvalue weighted by atomic mass is 10.4. The fourth-order valence-electron chi connectivity index (χ4n) is 0.505. The molecule has 0 unspecified atom stereocenters. The van der Waals surface area contributed by atoms with E-state index in [0.29, 0.717) is 0 Å². The van der Waals surface area contributed by atoms with Crippen LogP contribution in [0.15, 0.2) is 12.2 Å². The molecule has 0 spiro atoms. The molecule has 1 amide bonds. The zero-order chi connectivity index (χ0) is 5.44. The van der Waals surface area contributed by atoms with Gasteiger partial charge >= 0.3 is 0 Å². The minimum atomic E-state index is -0.231. The normalized spacial score (nSPS) is 27.4. The molecule has 1 saturated carbocycles. The molecule has 2 nitrogen and oxygen atoms in total. The summed E-state index contributed by atoms with van der Waals surface area (Å²) in [6.45, 7) is 3.57. The monoisotopic (exact) mass is 97.1 g/mol. The highest BCUT2D eigenvalue weighted by molar-refractivity contribution is 5.84. The number of hydrogen-bond donors (Lipinski definition) is 1. The van der Waals surface area contributed by atoms with Crippen LogP contribution in [0.3, 0.4) is 0 Å². The van der Waals surface area contributed by atoms with Crippen LogP contribution >= 0.6 is 0 Å². The second-order valence-electron chi connectivity index (χ2n) is 1.82. The minimum Gasteiger partial charge on any atom is -0.369 e. The van der Waals surface area contributed by atoms with Crippen molar-refractivity contribution in [2.45, 2.75) is 6.42 Å². The van der Waals surface area contributed by atoms with Crippen LogP contribution in [0, 0.1) is 5.92 Å². The van der Waals surface area contributed by atoms with E-state index in [1.807, 2.05) is 0 Å². The Bertz CT molecular complexity index is 128. The number of hydrogen-bond acceptors (Lipinski definition) is 1. The SMILES string of the molecule is C=C1C[C@@H]1C(N)=O. The third-order valence-corrected chi connectivity index (χ3v) is 1.14. The lowest BCUT2D eigenvalue weighted by molar-refractivity contribution is -0.118. The Balaban J connectivity index is 2.48. The largest absolute Gasteiger partial charge is 0.369 e. The van der Waals surface area contributed by atoms with Crippen LogP contribution in [0.5, 0.6) is 0 Å². The minimum absolute atomic E-state index is 0.0139. The third-order valence-electron chi connectivity index (χ3n) is 1.14. The van der Waals surface area contributed by atoms with Gasteiger partial charge in [-0.05, 0) is 6.42 Å². The molecule has 0 heterocycles. The Morgan fingerprint density at radius 2 is 2.43 bits per heavy atom. The smallest absolute Gasteiger partial charge is 0.224 e. The van der Waals surface area contributed by atoms with Crippen LogP contribution in [0.25, 0.3) is 0 Å². The molecule has 1 aliphatic rings. The maximum absolute atomic E-state index is 10.1. The number of nitrogens with two attached hydrogens (primary N) is 1. The number of primary amides is 1. The van der Waals surface area contributed by atoms with Gasteiger partial charge in [0, 0.05) is 0 Å². The Labute approximate surface area is 42.0 Å². The van der Waals surface area contributed by atoms with Gasteiger partial charge in [0.1, 0.15) is 0 Å². The van der Waals surface area contributed by atoms with Crippen molar-refractivity contribution in [3.63, 3.8) is 0 Å². The molecule has 38 valence electrons. The first-order valence-corrected chi connectivity index (χ1v) is 2.19. The summed E-state index contributed by atoms with van der Waals surface area (Å²) in [7, 11) is 0. The van der Waals surface area contributed by atoms with Crippen molar-refractivity contribution in [3.05, 3.63) is 12.2 Å². The van der Waals surface area contributed by atoms with E-state index in [-0.39, 0.29) is 11.8 Å². The van der Waals surface area contributed by atoms with Gasteiger partial charge in [0.25, 0.3) is 0 Å². The Hall–Kier alpha value is -0.790. The van der Waals surface area contributed by atoms with Crippen molar-refractivity contribution in [2.75, 3.05) is 0 Å². The van der Waals surface area contributed by atoms with Gasteiger partial charge in [-0.15, -0.1) is 0 Å². The van der Waals surface area contributed by atoms with Crippen LogP contribution in [0.4, 0.5) is 0 Å². The summed E-state index contributed by atoms with van der Waals surface area (Å²) < 4.78 is 0. The zero-order valence-corrected chi connectivity index (χ0v) is 3.98. The molecular formula is C5H7NO. The van der Waals surface area contributed by atoms with Crippen LogP contribution in [0.2, 0.25) is 0 Å². The highest BCUT2D eigenvalue weighted by Gasteiger charge is 2.32. The molecule has 0 aromatic carbocycles. The van der Waals surface area contributed by atoms with E-state index in [4.69, 9.17) is 5.73 Å². The summed E-state index contributed by atoms with van der Waals surface area (Å²) in [4.78, 5) is 10.1. The summed E-state index contributed by atoms with van der Waals surface area (Å²) in [5.41, 5.74) is 5.87. The average molecular weight is 97.1 g/mol.